The van der Waals surface area contributed by atoms with Crippen LogP contribution in [0.25, 0.3) is 0 Å². The zero-order valence-electron chi connectivity index (χ0n) is 11.3. The van der Waals surface area contributed by atoms with Gasteiger partial charge < -0.3 is 4.74 Å². The molecular weight excluding hydrogens is 318 g/mol. The summed E-state index contributed by atoms with van der Waals surface area (Å²) in [4.78, 5) is 12.2. The molecule has 106 valence electrons. The Labute approximate surface area is 127 Å². The van der Waals surface area contributed by atoms with Crippen LogP contribution in [0.3, 0.4) is 0 Å². The van der Waals surface area contributed by atoms with Crippen molar-refractivity contribution < 1.29 is 9.53 Å². The second kappa shape index (κ2) is 4.48. The van der Waals surface area contributed by atoms with Gasteiger partial charge in [-0.1, -0.05) is 15.9 Å². The first-order chi connectivity index (χ1) is 9.63. The lowest BCUT2D eigenvalue weighted by molar-refractivity contribution is -0.00473. The van der Waals surface area contributed by atoms with E-state index in [2.05, 4.69) is 21.2 Å². The van der Waals surface area contributed by atoms with E-state index in [0.717, 1.165) is 34.8 Å². The molecule has 0 radical (unpaired) electrons. The Morgan fingerprint density at radius 2 is 1.80 bits per heavy atom. The third-order valence-corrected chi connectivity index (χ3v) is 5.83. The maximum absolute atomic E-state index is 12.2. The van der Waals surface area contributed by atoms with Crippen molar-refractivity contribution in [2.24, 2.45) is 17.8 Å². The standard InChI is InChI=1S/C16H18BrNO2/c17-13-1-3-14(4-2-13)18-15(19)20-16-8-10-5-11(9-16)7-12(16)6-10/h1-4,10-12H,5-9H2,(H,18,19). The molecule has 1 amide bonds. The molecule has 2 atom stereocenters. The Kier molecular flexibility index (Phi) is 2.85. The summed E-state index contributed by atoms with van der Waals surface area (Å²) in [5.41, 5.74) is 0.639. The normalized spacial score (nSPS) is 37.1. The van der Waals surface area contributed by atoms with Gasteiger partial charge in [-0.25, -0.2) is 4.79 Å². The number of carbonyl (C=O) groups excluding carboxylic acids is 1. The van der Waals surface area contributed by atoms with Crippen molar-refractivity contribution in [3.05, 3.63) is 28.7 Å². The average molecular weight is 336 g/mol. The van der Waals surface area contributed by atoms with Crippen molar-refractivity contribution in [2.75, 3.05) is 5.32 Å². The van der Waals surface area contributed by atoms with Gasteiger partial charge >= 0.3 is 6.09 Å². The lowest BCUT2D eigenvalue weighted by Gasteiger charge is -2.32. The maximum Gasteiger partial charge on any atom is 0.412 e. The van der Waals surface area contributed by atoms with E-state index < -0.39 is 0 Å². The van der Waals surface area contributed by atoms with Crippen LogP contribution >= 0.6 is 15.9 Å². The van der Waals surface area contributed by atoms with Gasteiger partial charge in [0.2, 0.25) is 0 Å². The molecule has 3 nitrogen and oxygen atoms in total. The number of nitrogens with one attached hydrogen (secondary N) is 1. The molecule has 0 aromatic heterocycles. The Morgan fingerprint density at radius 1 is 1.15 bits per heavy atom. The number of amides is 1. The second-order valence-corrected chi connectivity index (χ2v) is 7.55. The van der Waals surface area contributed by atoms with Gasteiger partial charge in [0.05, 0.1) is 0 Å². The van der Waals surface area contributed by atoms with E-state index in [1.807, 2.05) is 24.3 Å². The number of hydrogen-bond donors (Lipinski definition) is 1. The van der Waals surface area contributed by atoms with Gasteiger partial charge in [-0.2, -0.15) is 0 Å². The third kappa shape index (κ3) is 2.05. The predicted octanol–water partition coefficient (Wildman–Crippen LogP) is 4.58. The number of ether oxygens (including phenoxy) is 1. The molecule has 4 heteroatoms. The molecule has 5 rings (SSSR count). The van der Waals surface area contributed by atoms with Crippen molar-refractivity contribution in [2.45, 2.75) is 37.7 Å². The number of halogens is 1. The smallest absolute Gasteiger partial charge is 0.412 e. The van der Waals surface area contributed by atoms with Gasteiger partial charge in [0.1, 0.15) is 5.60 Å². The molecule has 4 aliphatic carbocycles. The molecule has 4 aliphatic rings. The Morgan fingerprint density at radius 3 is 2.45 bits per heavy atom. The minimum atomic E-state index is -0.291. The number of anilines is 1. The van der Waals surface area contributed by atoms with Crippen molar-refractivity contribution in [1.29, 1.82) is 0 Å². The van der Waals surface area contributed by atoms with Gasteiger partial charge in [-0.05, 0) is 74.1 Å². The molecule has 4 bridgehead atoms. The fourth-order valence-corrected chi connectivity index (χ4v) is 5.01. The van der Waals surface area contributed by atoms with Crippen LogP contribution in [0.4, 0.5) is 10.5 Å². The summed E-state index contributed by atoms with van der Waals surface area (Å²) in [5.74, 6) is 2.21. The first-order valence-corrected chi connectivity index (χ1v) is 8.18. The molecule has 0 saturated heterocycles. The van der Waals surface area contributed by atoms with E-state index in [1.54, 1.807) is 0 Å². The van der Waals surface area contributed by atoms with E-state index in [0.29, 0.717) is 5.92 Å². The largest absolute Gasteiger partial charge is 0.442 e. The summed E-state index contributed by atoms with van der Waals surface area (Å²) in [6, 6.07) is 7.58. The molecule has 2 unspecified atom stereocenters. The monoisotopic (exact) mass is 335 g/mol. The van der Waals surface area contributed by atoms with Crippen molar-refractivity contribution in [1.82, 2.24) is 0 Å². The van der Waals surface area contributed by atoms with Gasteiger partial charge in [-0.3, -0.25) is 5.32 Å². The summed E-state index contributed by atoms with van der Waals surface area (Å²) < 4.78 is 6.90. The summed E-state index contributed by atoms with van der Waals surface area (Å²) in [5, 5.41) is 2.85. The van der Waals surface area contributed by atoms with Crippen LogP contribution in [0.15, 0.2) is 28.7 Å². The molecule has 1 aromatic rings. The van der Waals surface area contributed by atoms with E-state index in [-0.39, 0.29) is 11.7 Å². The van der Waals surface area contributed by atoms with Crippen LogP contribution in [0.5, 0.6) is 0 Å². The highest BCUT2D eigenvalue weighted by atomic mass is 79.9. The highest BCUT2D eigenvalue weighted by Gasteiger charge is 2.60. The van der Waals surface area contributed by atoms with Gasteiger partial charge in [0.25, 0.3) is 0 Å². The van der Waals surface area contributed by atoms with E-state index in [1.165, 1.54) is 19.3 Å². The Hall–Kier alpha value is -1.03. The van der Waals surface area contributed by atoms with Gasteiger partial charge in [0, 0.05) is 10.2 Å². The summed E-state index contributed by atoms with van der Waals surface area (Å²) >= 11 is 3.39. The lowest BCUT2D eigenvalue weighted by Crippen LogP contribution is -2.38. The summed E-state index contributed by atoms with van der Waals surface area (Å²) in [6.45, 7) is 0. The SMILES string of the molecule is O=C(Nc1ccc(Br)cc1)OC12CC3CC(CC1C3)C2. The molecule has 1 N–H and O–H groups in total. The predicted molar refractivity (Wildman–Crippen MR) is 80.5 cm³/mol. The third-order valence-electron chi connectivity index (χ3n) is 5.30. The van der Waals surface area contributed by atoms with Crippen molar-refractivity contribution in [3.63, 3.8) is 0 Å². The van der Waals surface area contributed by atoms with Crippen LogP contribution < -0.4 is 5.32 Å². The number of rotatable bonds is 2. The fraction of sp³-hybridized carbons (Fsp3) is 0.562. The van der Waals surface area contributed by atoms with E-state index in [9.17, 15) is 4.79 Å². The zero-order chi connectivity index (χ0) is 13.7. The topological polar surface area (TPSA) is 38.3 Å². The van der Waals surface area contributed by atoms with Crippen LogP contribution in [0.1, 0.15) is 32.1 Å². The van der Waals surface area contributed by atoms with Crippen molar-refractivity contribution >= 4 is 27.7 Å². The Balaban J connectivity index is 1.44. The van der Waals surface area contributed by atoms with Gasteiger partial charge in [-0.15, -0.1) is 0 Å². The Bertz CT molecular complexity index is 528. The summed E-state index contributed by atoms with van der Waals surface area (Å²) in [7, 11) is 0. The van der Waals surface area contributed by atoms with Crippen LogP contribution in [-0.2, 0) is 4.74 Å². The lowest BCUT2D eigenvalue weighted by atomic mass is 9.81. The quantitative estimate of drug-likeness (QED) is 0.859. The molecule has 1 aromatic carbocycles. The molecule has 4 saturated carbocycles. The fourth-order valence-electron chi connectivity index (χ4n) is 4.75. The summed E-state index contributed by atoms with van der Waals surface area (Å²) in [6.07, 6.45) is 5.77. The van der Waals surface area contributed by atoms with Crippen LogP contribution in [0, 0.1) is 17.8 Å². The number of carbonyl (C=O) groups is 1. The van der Waals surface area contributed by atoms with Crippen molar-refractivity contribution in [3.8, 4) is 0 Å². The minimum absolute atomic E-state index is 0.146. The molecule has 4 fully saturated rings. The molecule has 0 heterocycles. The first kappa shape index (κ1) is 12.7. The molecule has 0 spiro atoms. The molecule has 20 heavy (non-hydrogen) atoms. The van der Waals surface area contributed by atoms with Crippen LogP contribution in [0.2, 0.25) is 0 Å². The second-order valence-electron chi connectivity index (χ2n) is 6.63. The average Bonchev–Trinajstić information content (AvgIpc) is 2.76. The highest BCUT2D eigenvalue weighted by molar-refractivity contribution is 9.10. The minimum Gasteiger partial charge on any atom is -0.442 e. The van der Waals surface area contributed by atoms with E-state index in [4.69, 9.17) is 4.74 Å². The number of hydrogen-bond acceptors (Lipinski definition) is 2. The molecule has 0 aliphatic heterocycles. The zero-order valence-corrected chi connectivity index (χ0v) is 12.9. The van der Waals surface area contributed by atoms with E-state index >= 15 is 0 Å². The van der Waals surface area contributed by atoms with Crippen LogP contribution in [-0.4, -0.2) is 11.7 Å². The molecular formula is C16H18BrNO2. The van der Waals surface area contributed by atoms with Gasteiger partial charge in [0.15, 0.2) is 0 Å². The number of benzene rings is 1. The first-order valence-electron chi connectivity index (χ1n) is 7.38. The maximum atomic E-state index is 12.2. The highest BCUT2D eigenvalue weighted by Crippen LogP contribution is 2.62.